The SMILES string of the molecule is CNc1nn(NC)c(NC)c1C#N. The molecule has 0 radical (unpaired) electrons. The van der Waals surface area contributed by atoms with Crippen LogP contribution in [-0.4, -0.2) is 31.0 Å². The van der Waals surface area contributed by atoms with Crippen LogP contribution in [0.4, 0.5) is 11.6 Å². The molecule has 1 heterocycles. The molecule has 6 nitrogen and oxygen atoms in total. The summed E-state index contributed by atoms with van der Waals surface area (Å²) >= 11 is 0. The molecule has 70 valence electrons. The van der Waals surface area contributed by atoms with Crippen molar-refractivity contribution in [2.75, 3.05) is 37.2 Å². The Morgan fingerprint density at radius 3 is 2.38 bits per heavy atom. The predicted molar refractivity (Wildman–Crippen MR) is 51.3 cm³/mol. The number of nitriles is 1. The first-order valence-corrected chi connectivity index (χ1v) is 3.84. The van der Waals surface area contributed by atoms with Gasteiger partial charge < -0.3 is 16.1 Å². The molecule has 0 saturated heterocycles. The molecule has 0 spiro atoms. The van der Waals surface area contributed by atoms with Crippen LogP contribution in [-0.2, 0) is 0 Å². The van der Waals surface area contributed by atoms with Crippen LogP contribution in [0.25, 0.3) is 0 Å². The first-order chi connectivity index (χ1) is 6.28. The molecule has 0 unspecified atom stereocenters. The Labute approximate surface area is 76.5 Å². The molecule has 6 heteroatoms. The van der Waals surface area contributed by atoms with E-state index in [0.717, 1.165) is 0 Å². The second kappa shape index (κ2) is 3.67. The predicted octanol–water partition coefficient (Wildman–Crippen LogP) is 0.0115. The van der Waals surface area contributed by atoms with Gasteiger partial charge in [0, 0.05) is 21.1 Å². The largest absolute Gasteiger partial charge is 0.371 e. The van der Waals surface area contributed by atoms with Gasteiger partial charge >= 0.3 is 0 Å². The molecule has 0 aromatic carbocycles. The van der Waals surface area contributed by atoms with E-state index in [4.69, 9.17) is 5.26 Å². The molecule has 0 amide bonds. The van der Waals surface area contributed by atoms with Crippen LogP contribution in [0, 0.1) is 11.3 Å². The van der Waals surface area contributed by atoms with Gasteiger partial charge in [-0.05, 0) is 0 Å². The molecule has 0 aliphatic carbocycles. The van der Waals surface area contributed by atoms with Crippen LogP contribution in [0.3, 0.4) is 0 Å². The molecule has 1 rings (SSSR count). The highest BCUT2D eigenvalue weighted by atomic mass is 15.6. The zero-order chi connectivity index (χ0) is 9.84. The first kappa shape index (κ1) is 9.19. The third-order valence-electron chi connectivity index (χ3n) is 1.68. The minimum atomic E-state index is 0.499. The summed E-state index contributed by atoms with van der Waals surface area (Å²) in [5, 5.41) is 18.7. The van der Waals surface area contributed by atoms with Gasteiger partial charge in [0.1, 0.15) is 11.6 Å². The van der Waals surface area contributed by atoms with Crippen molar-refractivity contribution in [2.24, 2.45) is 0 Å². The Morgan fingerprint density at radius 1 is 1.31 bits per heavy atom. The van der Waals surface area contributed by atoms with Gasteiger partial charge in [-0.15, -0.1) is 5.10 Å². The molecule has 0 saturated carbocycles. The van der Waals surface area contributed by atoms with Gasteiger partial charge in [0.05, 0.1) is 0 Å². The summed E-state index contributed by atoms with van der Waals surface area (Å²) in [6.45, 7) is 0. The van der Waals surface area contributed by atoms with Gasteiger partial charge in [0.15, 0.2) is 11.6 Å². The summed E-state index contributed by atoms with van der Waals surface area (Å²) in [6.07, 6.45) is 0. The number of hydrogen-bond donors (Lipinski definition) is 3. The fourth-order valence-electron chi connectivity index (χ4n) is 1.09. The zero-order valence-electron chi connectivity index (χ0n) is 7.84. The lowest BCUT2D eigenvalue weighted by Crippen LogP contribution is -2.13. The second-order valence-corrected chi connectivity index (χ2v) is 2.32. The molecule has 0 aliphatic heterocycles. The molecule has 0 aliphatic rings. The molecule has 1 aromatic rings. The van der Waals surface area contributed by atoms with E-state index in [1.165, 1.54) is 4.79 Å². The van der Waals surface area contributed by atoms with Crippen LogP contribution in [0.5, 0.6) is 0 Å². The Balaban J connectivity index is 3.27. The number of anilines is 2. The van der Waals surface area contributed by atoms with E-state index in [9.17, 15) is 0 Å². The van der Waals surface area contributed by atoms with Crippen molar-refractivity contribution < 1.29 is 0 Å². The maximum Gasteiger partial charge on any atom is 0.170 e. The highest BCUT2D eigenvalue weighted by Crippen LogP contribution is 2.20. The van der Waals surface area contributed by atoms with Crippen LogP contribution < -0.4 is 16.1 Å². The third-order valence-corrected chi connectivity index (χ3v) is 1.68. The Hall–Kier alpha value is -1.90. The lowest BCUT2D eigenvalue weighted by molar-refractivity contribution is 0.791. The lowest BCUT2D eigenvalue weighted by atomic mass is 10.3. The average Bonchev–Trinajstić information content (AvgIpc) is 2.54. The zero-order valence-corrected chi connectivity index (χ0v) is 7.84. The van der Waals surface area contributed by atoms with Crippen LogP contribution in [0.1, 0.15) is 5.56 Å². The second-order valence-electron chi connectivity index (χ2n) is 2.32. The van der Waals surface area contributed by atoms with Crippen LogP contribution in [0.15, 0.2) is 0 Å². The van der Waals surface area contributed by atoms with Gasteiger partial charge in [-0.25, -0.2) is 0 Å². The molecule has 1 aromatic heterocycles. The normalized spacial score (nSPS) is 9.08. The summed E-state index contributed by atoms with van der Waals surface area (Å²) in [5.41, 5.74) is 3.33. The minimum Gasteiger partial charge on any atom is -0.371 e. The van der Waals surface area contributed by atoms with E-state index in [-0.39, 0.29) is 0 Å². The van der Waals surface area contributed by atoms with Crippen molar-refractivity contribution in [1.82, 2.24) is 9.89 Å². The molecular formula is C7H12N6. The van der Waals surface area contributed by atoms with Crippen molar-refractivity contribution in [2.45, 2.75) is 0 Å². The van der Waals surface area contributed by atoms with E-state index in [1.54, 1.807) is 21.1 Å². The smallest absolute Gasteiger partial charge is 0.170 e. The molecule has 13 heavy (non-hydrogen) atoms. The Morgan fingerprint density at radius 2 is 2.00 bits per heavy atom. The first-order valence-electron chi connectivity index (χ1n) is 3.84. The Kier molecular flexibility index (Phi) is 2.59. The number of nitrogens with zero attached hydrogens (tertiary/aromatic N) is 3. The number of rotatable bonds is 3. The third kappa shape index (κ3) is 1.36. The van der Waals surface area contributed by atoms with Crippen LogP contribution in [0.2, 0.25) is 0 Å². The van der Waals surface area contributed by atoms with E-state index < -0.39 is 0 Å². The fraction of sp³-hybridized carbons (Fsp3) is 0.429. The van der Waals surface area contributed by atoms with E-state index in [2.05, 4.69) is 27.2 Å². The molecular weight excluding hydrogens is 168 g/mol. The van der Waals surface area contributed by atoms with Crippen molar-refractivity contribution in [3.63, 3.8) is 0 Å². The summed E-state index contributed by atoms with van der Waals surface area (Å²) in [6, 6.07) is 2.07. The highest BCUT2D eigenvalue weighted by Gasteiger charge is 2.14. The van der Waals surface area contributed by atoms with E-state index in [0.29, 0.717) is 17.2 Å². The van der Waals surface area contributed by atoms with Gasteiger partial charge in [-0.1, -0.05) is 0 Å². The number of hydrogen-bond acceptors (Lipinski definition) is 5. The minimum absolute atomic E-state index is 0.499. The van der Waals surface area contributed by atoms with Gasteiger partial charge in [0.2, 0.25) is 0 Å². The van der Waals surface area contributed by atoms with E-state index in [1.807, 2.05) is 0 Å². The van der Waals surface area contributed by atoms with Crippen molar-refractivity contribution in [3.8, 4) is 6.07 Å². The lowest BCUT2D eigenvalue weighted by Gasteiger charge is -2.03. The quantitative estimate of drug-likeness (QED) is 0.611. The number of aromatic nitrogens is 2. The summed E-state index contributed by atoms with van der Waals surface area (Å²) in [4.78, 5) is 1.50. The van der Waals surface area contributed by atoms with Crippen molar-refractivity contribution in [3.05, 3.63) is 5.56 Å². The van der Waals surface area contributed by atoms with Gasteiger partial charge in [-0.2, -0.15) is 10.1 Å². The maximum absolute atomic E-state index is 8.86. The Bertz CT molecular complexity index is 333. The average molecular weight is 180 g/mol. The van der Waals surface area contributed by atoms with Gasteiger partial charge in [0.25, 0.3) is 0 Å². The fourth-order valence-corrected chi connectivity index (χ4v) is 1.09. The molecule has 0 bridgehead atoms. The summed E-state index contributed by atoms with van der Waals surface area (Å²) in [5.74, 6) is 1.20. The highest BCUT2D eigenvalue weighted by molar-refractivity contribution is 5.65. The summed E-state index contributed by atoms with van der Waals surface area (Å²) in [7, 11) is 5.20. The topological polar surface area (TPSA) is 77.7 Å². The van der Waals surface area contributed by atoms with Crippen molar-refractivity contribution >= 4 is 11.6 Å². The van der Waals surface area contributed by atoms with Crippen molar-refractivity contribution in [1.29, 1.82) is 5.26 Å². The molecule has 0 atom stereocenters. The maximum atomic E-state index is 8.86. The van der Waals surface area contributed by atoms with Crippen LogP contribution >= 0.6 is 0 Å². The number of nitrogens with one attached hydrogen (secondary N) is 3. The molecule has 3 N–H and O–H groups in total. The standard InChI is InChI=1S/C7H12N6/c1-9-6-5(4-8)7(10-2)13(11-3)12-6/h10-11H,1-3H3,(H,9,12). The van der Waals surface area contributed by atoms with E-state index >= 15 is 0 Å². The monoisotopic (exact) mass is 180 g/mol. The summed E-state index contributed by atoms with van der Waals surface area (Å²) < 4.78 is 0. The molecule has 0 fully saturated rings. The van der Waals surface area contributed by atoms with Gasteiger partial charge in [-0.3, -0.25) is 0 Å².